The summed E-state index contributed by atoms with van der Waals surface area (Å²) in [6.45, 7) is 0.000154. The van der Waals surface area contributed by atoms with Crippen molar-refractivity contribution in [1.29, 1.82) is 0 Å². The van der Waals surface area contributed by atoms with Crippen LogP contribution in [0.2, 0.25) is 0 Å². The zero-order valence-corrected chi connectivity index (χ0v) is 11.8. The van der Waals surface area contributed by atoms with Crippen LogP contribution in [0.1, 0.15) is 30.0 Å². The van der Waals surface area contributed by atoms with E-state index in [2.05, 4.69) is 5.32 Å². The van der Waals surface area contributed by atoms with Gasteiger partial charge in [0.05, 0.1) is 6.61 Å². The van der Waals surface area contributed by atoms with E-state index in [1.54, 1.807) is 24.3 Å². The lowest BCUT2D eigenvalue weighted by molar-refractivity contribution is -0.116. The Morgan fingerprint density at radius 3 is 2.38 bits per heavy atom. The molecule has 21 heavy (non-hydrogen) atoms. The van der Waals surface area contributed by atoms with E-state index in [1.165, 1.54) is 0 Å². The predicted molar refractivity (Wildman–Crippen MR) is 83.6 cm³/mol. The van der Waals surface area contributed by atoms with Gasteiger partial charge in [-0.1, -0.05) is 42.5 Å². The number of anilines is 1. The third kappa shape index (κ3) is 4.70. The van der Waals surface area contributed by atoms with E-state index in [9.17, 15) is 4.79 Å². The number of aliphatic hydroxyl groups is 1. The first-order chi connectivity index (χ1) is 10.2. The molecule has 0 aliphatic heterocycles. The third-order valence-corrected chi connectivity index (χ3v) is 3.33. The van der Waals surface area contributed by atoms with Crippen LogP contribution in [0.5, 0.6) is 0 Å². The molecule has 0 radical (unpaired) electrons. The van der Waals surface area contributed by atoms with Gasteiger partial charge in [0.2, 0.25) is 5.91 Å². The first-order valence-electron chi connectivity index (χ1n) is 6.99. The molecule has 1 atom stereocenters. The number of benzene rings is 2. The molecule has 2 rings (SSSR count). The van der Waals surface area contributed by atoms with Crippen LogP contribution in [-0.4, -0.2) is 11.0 Å². The molecule has 0 saturated carbocycles. The summed E-state index contributed by atoms with van der Waals surface area (Å²) in [5, 5.41) is 11.8. The zero-order valence-electron chi connectivity index (χ0n) is 11.8. The molecule has 1 unspecified atom stereocenters. The van der Waals surface area contributed by atoms with Gasteiger partial charge in [0.15, 0.2) is 0 Å². The number of rotatable bonds is 6. The molecular formula is C17H20N2O2. The Morgan fingerprint density at radius 2 is 1.76 bits per heavy atom. The van der Waals surface area contributed by atoms with Gasteiger partial charge in [-0.15, -0.1) is 0 Å². The monoisotopic (exact) mass is 284 g/mol. The van der Waals surface area contributed by atoms with Crippen molar-refractivity contribution in [3.05, 3.63) is 65.7 Å². The van der Waals surface area contributed by atoms with Crippen LogP contribution in [0.25, 0.3) is 0 Å². The van der Waals surface area contributed by atoms with Gasteiger partial charge in [0.25, 0.3) is 0 Å². The zero-order chi connectivity index (χ0) is 15.1. The molecule has 1 amide bonds. The Labute approximate surface area is 124 Å². The number of amides is 1. The van der Waals surface area contributed by atoms with Crippen molar-refractivity contribution in [2.24, 2.45) is 5.73 Å². The first kappa shape index (κ1) is 15.2. The summed E-state index contributed by atoms with van der Waals surface area (Å²) in [5.41, 5.74) is 8.65. The molecule has 0 bridgehead atoms. The first-order valence-corrected chi connectivity index (χ1v) is 6.99. The van der Waals surface area contributed by atoms with Gasteiger partial charge < -0.3 is 16.2 Å². The lowest BCUT2D eigenvalue weighted by Gasteiger charge is -2.12. The molecule has 0 fully saturated rings. The molecule has 2 aromatic carbocycles. The van der Waals surface area contributed by atoms with Crippen molar-refractivity contribution in [2.75, 3.05) is 5.32 Å². The molecule has 0 aromatic heterocycles. The second-order valence-corrected chi connectivity index (χ2v) is 4.96. The molecule has 4 heteroatoms. The van der Waals surface area contributed by atoms with E-state index in [0.29, 0.717) is 12.8 Å². The lowest BCUT2D eigenvalue weighted by atomic mass is 10.0. The maximum absolute atomic E-state index is 11.9. The fourth-order valence-electron chi connectivity index (χ4n) is 2.07. The van der Waals surface area contributed by atoms with Gasteiger partial charge in [0.1, 0.15) is 0 Å². The normalized spacial score (nSPS) is 11.9. The van der Waals surface area contributed by atoms with Gasteiger partial charge in [-0.2, -0.15) is 0 Å². The number of nitrogens with one attached hydrogen (secondary N) is 1. The average molecular weight is 284 g/mol. The quantitative estimate of drug-likeness (QED) is 0.763. The summed E-state index contributed by atoms with van der Waals surface area (Å²) < 4.78 is 0. The van der Waals surface area contributed by atoms with Crippen molar-refractivity contribution in [3.63, 3.8) is 0 Å². The predicted octanol–water partition coefficient (Wildman–Crippen LogP) is 2.60. The number of aliphatic hydroxyl groups excluding tert-OH is 1. The van der Waals surface area contributed by atoms with Crippen molar-refractivity contribution in [2.45, 2.75) is 25.5 Å². The highest BCUT2D eigenvalue weighted by molar-refractivity contribution is 5.90. The molecule has 4 N–H and O–H groups in total. The number of carbonyl (C=O) groups excluding carboxylic acids is 1. The minimum atomic E-state index is -0.131. The summed E-state index contributed by atoms with van der Waals surface area (Å²) in [5.74, 6) is -0.0573. The summed E-state index contributed by atoms with van der Waals surface area (Å²) in [7, 11) is 0. The molecule has 0 heterocycles. The summed E-state index contributed by atoms with van der Waals surface area (Å²) in [6, 6.07) is 16.8. The maximum atomic E-state index is 11.9. The number of nitrogens with two attached hydrogens (primary N) is 1. The Hall–Kier alpha value is -2.17. The Balaban J connectivity index is 1.81. The molecule has 4 nitrogen and oxygen atoms in total. The Kier molecular flexibility index (Phi) is 5.49. The topological polar surface area (TPSA) is 75.4 Å². The summed E-state index contributed by atoms with van der Waals surface area (Å²) in [6.07, 6.45) is 0.975. The van der Waals surface area contributed by atoms with Crippen LogP contribution < -0.4 is 11.1 Å². The highest BCUT2D eigenvalue weighted by Crippen LogP contribution is 2.16. The second kappa shape index (κ2) is 7.57. The van der Waals surface area contributed by atoms with Gasteiger partial charge in [-0.05, 0) is 29.7 Å². The van der Waals surface area contributed by atoms with Gasteiger partial charge in [0, 0.05) is 18.2 Å². The number of hydrogen-bond donors (Lipinski definition) is 3. The molecule has 0 saturated heterocycles. The van der Waals surface area contributed by atoms with E-state index < -0.39 is 0 Å². The largest absolute Gasteiger partial charge is 0.392 e. The highest BCUT2D eigenvalue weighted by Gasteiger charge is 2.09. The van der Waals surface area contributed by atoms with E-state index >= 15 is 0 Å². The molecule has 2 aromatic rings. The van der Waals surface area contributed by atoms with Gasteiger partial charge >= 0.3 is 0 Å². The van der Waals surface area contributed by atoms with Crippen LogP contribution in [-0.2, 0) is 11.4 Å². The fourth-order valence-corrected chi connectivity index (χ4v) is 2.07. The smallest absolute Gasteiger partial charge is 0.224 e. The molecule has 110 valence electrons. The van der Waals surface area contributed by atoms with E-state index in [4.69, 9.17) is 10.8 Å². The van der Waals surface area contributed by atoms with Crippen LogP contribution in [0.4, 0.5) is 5.69 Å². The molecule has 0 spiro atoms. The standard InChI is InChI=1S/C17H20N2O2/c18-16(14-4-2-1-3-5-14)10-11-17(21)19-15-8-6-13(12-20)7-9-15/h1-9,16,20H,10-12,18H2,(H,19,21). The van der Waals surface area contributed by atoms with E-state index in [-0.39, 0.29) is 18.6 Å². The average Bonchev–Trinajstić information content (AvgIpc) is 2.54. The van der Waals surface area contributed by atoms with Crippen LogP contribution >= 0.6 is 0 Å². The van der Waals surface area contributed by atoms with Crippen LogP contribution in [0.15, 0.2) is 54.6 Å². The summed E-state index contributed by atoms with van der Waals surface area (Å²) >= 11 is 0. The maximum Gasteiger partial charge on any atom is 0.224 e. The minimum absolute atomic E-state index is 0.000154. The van der Waals surface area contributed by atoms with E-state index in [1.807, 2.05) is 30.3 Å². The Morgan fingerprint density at radius 1 is 1.10 bits per heavy atom. The van der Waals surface area contributed by atoms with Crippen LogP contribution in [0.3, 0.4) is 0 Å². The fraction of sp³-hybridized carbons (Fsp3) is 0.235. The van der Waals surface area contributed by atoms with Crippen molar-refractivity contribution in [3.8, 4) is 0 Å². The number of carbonyl (C=O) groups is 1. The lowest BCUT2D eigenvalue weighted by Crippen LogP contribution is -2.16. The number of hydrogen-bond acceptors (Lipinski definition) is 3. The molecule has 0 aliphatic carbocycles. The molecule has 0 aliphatic rings. The van der Waals surface area contributed by atoms with Gasteiger partial charge in [-0.25, -0.2) is 0 Å². The summed E-state index contributed by atoms with van der Waals surface area (Å²) in [4.78, 5) is 11.9. The van der Waals surface area contributed by atoms with Crippen LogP contribution in [0, 0.1) is 0 Å². The highest BCUT2D eigenvalue weighted by atomic mass is 16.3. The molecular weight excluding hydrogens is 264 g/mol. The SMILES string of the molecule is NC(CCC(=O)Nc1ccc(CO)cc1)c1ccccc1. The second-order valence-electron chi connectivity index (χ2n) is 4.96. The van der Waals surface area contributed by atoms with Gasteiger partial charge in [-0.3, -0.25) is 4.79 Å². The van der Waals surface area contributed by atoms with Crippen molar-refractivity contribution < 1.29 is 9.90 Å². The van der Waals surface area contributed by atoms with E-state index in [0.717, 1.165) is 16.8 Å². The minimum Gasteiger partial charge on any atom is -0.392 e. The Bertz CT molecular complexity index is 567. The van der Waals surface area contributed by atoms with Crippen molar-refractivity contribution in [1.82, 2.24) is 0 Å². The van der Waals surface area contributed by atoms with Crippen molar-refractivity contribution >= 4 is 11.6 Å². The third-order valence-electron chi connectivity index (χ3n) is 3.33.